The van der Waals surface area contributed by atoms with Crippen molar-refractivity contribution in [1.29, 1.82) is 0 Å². The first-order valence-corrected chi connectivity index (χ1v) is 9.30. The molecule has 2 N–H and O–H groups in total. The lowest BCUT2D eigenvalue weighted by Gasteiger charge is -2.49. The van der Waals surface area contributed by atoms with Gasteiger partial charge in [0, 0.05) is 18.6 Å². The van der Waals surface area contributed by atoms with Crippen LogP contribution in [0, 0.1) is 5.41 Å². The number of rotatable bonds is 4. The molecule has 3 saturated carbocycles. The molecule has 0 heterocycles. The molecule has 1 amide bonds. The third-order valence-corrected chi connectivity index (χ3v) is 6.33. The Balaban J connectivity index is 1.78. The molecular formula is C18H32N2O. The van der Waals surface area contributed by atoms with E-state index < -0.39 is 0 Å². The molecular weight excluding hydrogens is 260 g/mol. The lowest BCUT2D eigenvalue weighted by atomic mass is 9.67. The number of carbonyl (C=O) groups excluding carboxylic acids is 1. The predicted molar refractivity (Wildman–Crippen MR) is 85.9 cm³/mol. The van der Waals surface area contributed by atoms with Gasteiger partial charge in [0.15, 0.2) is 0 Å². The maximum absolute atomic E-state index is 13.3. The maximum atomic E-state index is 13.3. The molecule has 0 radical (unpaired) electrons. The number of carbonyl (C=O) groups is 1. The van der Waals surface area contributed by atoms with Crippen molar-refractivity contribution in [1.82, 2.24) is 4.90 Å². The van der Waals surface area contributed by atoms with Gasteiger partial charge < -0.3 is 10.6 Å². The van der Waals surface area contributed by atoms with Crippen LogP contribution in [0.5, 0.6) is 0 Å². The monoisotopic (exact) mass is 292 g/mol. The predicted octanol–water partition coefficient (Wildman–Crippen LogP) is 3.61. The Labute approximate surface area is 129 Å². The average Bonchev–Trinajstić information content (AvgIpc) is 2.49. The van der Waals surface area contributed by atoms with Gasteiger partial charge in [-0.05, 0) is 38.5 Å². The summed E-state index contributed by atoms with van der Waals surface area (Å²) in [6.07, 6.45) is 16.1. The highest BCUT2D eigenvalue weighted by molar-refractivity contribution is 5.84. The summed E-state index contributed by atoms with van der Waals surface area (Å²) in [6, 6.07) is 1.02. The van der Waals surface area contributed by atoms with E-state index >= 15 is 0 Å². The third-order valence-electron chi connectivity index (χ3n) is 6.33. The summed E-state index contributed by atoms with van der Waals surface area (Å²) in [5.74, 6) is 0.426. The fraction of sp³-hybridized carbons (Fsp3) is 0.944. The Morgan fingerprint density at radius 1 is 0.857 bits per heavy atom. The van der Waals surface area contributed by atoms with Gasteiger partial charge >= 0.3 is 0 Å². The topological polar surface area (TPSA) is 46.3 Å². The minimum absolute atomic E-state index is 0.186. The molecule has 0 spiro atoms. The summed E-state index contributed by atoms with van der Waals surface area (Å²) < 4.78 is 0. The van der Waals surface area contributed by atoms with Crippen molar-refractivity contribution < 1.29 is 4.79 Å². The number of hydrogen-bond acceptors (Lipinski definition) is 2. The molecule has 0 aromatic rings. The molecule has 0 aromatic carbocycles. The molecule has 0 saturated heterocycles. The second kappa shape index (κ2) is 6.68. The molecule has 120 valence electrons. The zero-order valence-corrected chi connectivity index (χ0v) is 13.5. The van der Waals surface area contributed by atoms with Crippen LogP contribution in [0.3, 0.4) is 0 Å². The van der Waals surface area contributed by atoms with Gasteiger partial charge in [0.2, 0.25) is 5.91 Å². The number of nitrogens with two attached hydrogens (primary N) is 1. The smallest absolute Gasteiger partial charge is 0.230 e. The van der Waals surface area contributed by atoms with Crippen LogP contribution in [0.15, 0.2) is 0 Å². The summed E-state index contributed by atoms with van der Waals surface area (Å²) in [6.45, 7) is 0.557. The van der Waals surface area contributed by atoms with Gasteiger partial charge in [0.25, 0.3) is 0 Å². The SMILES string of the molecule is NCC1(C(=O)N(C2CCCCC2)C2CCCCC2)CCC1. The molecule has 3 nitrogen and oxygen atoms in total. The van der Waals surface area contributed by atoms with E-state index in [0.717, 1.165) is 12.8 Å². The summed E-state index contributed by atoms with van der Waals surface area (Å²) in [7, 11) is 0. The highest BCUT2D eigenvalue weighted by atomic mass is 16.2. The Kier molecular flexibility index (Phi) is 4.88. The van der Waals surface area contributed by atoms with Crippen LogP contribution in [-0.2, 0) is 4.79 Å². The minimum atomic E-state index is -0.186. The molecule has 3 heteroatoms. The quantitative estimate of drug-likeness (QED) is 0.860. The van der Waals surface area contributed by atoms with Crippen LogP contribution >= 0.6 is 0 Å². The first-order chi connectivity index (χ1) is 10.3. The van der Waals surface area contributed by atoms with Crippen molar-refractivity contribution in [2.45, 2.75) is 95.6 Å². The Bertz CT molecular complexity index is 329. The molecule has 0 aliphatic heterocycles. The summed E-state index contributed by atoms with van der Waals surface area (Å²) >= 11 is 0. The first kappa shape index (κ1) is 15.3. The van der Waals surface area contributed by atoms with Crippen molar-refractivity contribution in [3.05, 3.63) is 0 Å². The van der Waals surface area contributed by atoms with Crippen molar-refractivity contribution in [2.75, 3.05) is 6.54 Å². The largest absolute Gasteiger partial charge is 0.336 e. The first-order valence-electron chi connectivity index (χ1n) is 9.30. The molecule has 3 aliphatic rings. The summed E-state index contributed by atoms with van der Waals surface area (Å²) in [5.41, 5.74) is 5.83. The molecule has 0 atom stereocenters. The van der Waals surface area contributed by atoms with Crippen molar-refractivity contribution in [3.63, 3.8) is 0 Å². The zero-order chi connectivity index (χ0) is 14.7. The van der Waals surface area contributed by atoms with E-state index in [1.807, 2.05) is 0 Å². The summed E-state index contributed by atoms with van der Waals surface area (Å²) in [5, 5.41) is 0. The van der Waals surface area contributed by atoms with Crippen LogP contribution in [0.2, 0.25) is 0 Å². The van der Waals surface area contributed by atoms with Crippen LogP contribution in [0.4, 0.5) is 0 Å². The van der Waals surface area contributed by atoms with E-state index in [1.54, 1.807) is 0 Å². The second-order valence-corrected chi connectivity index (χ2v) is 7.63. The Hall–Kier alpha value is -0.570. The van der Waals surface area contributed by atoms with Gasteiger partial charge in [-0.15, -0.1) is 0 Å². The Morgan fingerprint density at radius 3 is 1.67 bits per heavy atom. The fourth-order valence-corrected chi connectivity index (χ4v) is 4.73. The molecule has 3 fully saturated rings. The van der Waals surface area contributed by atoms with Gasteiger partial charge in [0.05, 0.1) is 5.41 Å². The van der Waals surface area contributed by atoms with Crippen molar-refractivity contribution in [3.8, 4) is 0 Å². The minimum Gasteiger partial charge on any atom is -0.336 e. The molecule has 3 aliphatic carbocycles. The maximum Gasteiger partial charge on any atom is 0.230 e. The van der Waals surface area contributed by atoms with Gasteiger partial charge in [-0.2, -0.15) is 0 Å². The molecule has 0 bridgehead atoms. The van der Waals surface area contributed by atoms with Crippen LogP contribution in [0.25, 0.3) is 0 Å². The van der Waals surface area contributed by atoms with Gasteiger partial charge in [-0.25, -0.2) is 0 Å². The lowest BCUT2D eigenvalue weighted by Crippen LogP contribution is -2.58. The highest BCUT2D eigenvalue weighted by Gasteiger charge is 2.48. The average molecular weight is 292 g/mol. The molecule has 3 rings (SSSR count). The normalized spacial score (nSPS) is 27.1. The number of nitrogens with zero attached hydrogens (tertiary/aromatic N) is 1. The number of amides is 1. The van der Waals surface area contributed by atoms with Crippen LogP contribution in [-0.4, -0.2) is 29.4 Å². The molecule has 0 aromatic heterocycles. The highest BCUT2D eigenvalue weighted by Crippen LogP contribution is 2.44. The molecule has 21 heavy (non-hydrogen) atoms. The van der Waals surface area contributed by atoms with E-state index in [9.17, 15) is 4.79 Å². The zero-order valence-electron chi connectivity index (χ0n) is 13.5. The van der Waals surface area contributed by atoms with Crippen molar-refractivity contribution in [2.24, 2.45) is 11.1 Å². The van der Waals surface area contributed by atoms with Crippen molar-refractivity contribution >= 4 is 5.91 Å². The van der Waals surface area contributed by atoms with E-state index in [4.69, 9.17) is 5.73 Å². The second-order valence-electron chi connectivity index (χ2n) is 7.63. The van der Waals surface area contributed by atoms with E-state index in [1.165, 1.54) is 70.6 Å². The summed E-state index contributed by atoms with van der Waals surface area (Å²) in [4.78, 5) is 15.7. The van der Waals surface area contributed by atoms with Gasteiger partial charge in [-0.3, -0.25) is 4.79 Å². The van der Waals surface area contributed by atoms with E-state index in [-0.39, 0.29) is 5.41 Å². The lowest BCUT2D eigenvalue weighted by molar-refractivity contribution is -0.154. The fourth-order valence-electron chi connectivity index (χ4n) is 4.73. The van der Waals surface area contributed by atoms with Crippen LogP contribution < -0.4 is 5.73 Å². The third kappa shape index (κ3) is 2.99. The van der Waals surface area contributed by atoms with Gasteiger partial charge in [-0.1, -0.05) is 44.9 Å². The number of hydrogen-bond donors (Lipinski definition) is 1. The molecule has 0 unspecified atom stereocenters. The van der Waals surface area contributed by atoms with E-state index in [0.29, 0.717) is 24.5 Å². The van der Waals surface area contributed by atoms with Gasteiger partial charge in [0.1, 0.15) is 0 Å². The Morgan fingerprint density at radius 2 is 1.33 bits per heavy atom. The van der Waals surface area contributed by atoms with E-state index in [2.05, 4.69) is 4.90 Å². The van der Waals surface area contributed by atoms with Crippen LogP contribution in [0.1, 0.15) is 83.5 Å². The standard InChI is InChI=1S/C18H32N2O/c19-14-18(12-7-13-18)17(21)20(15-8-3-1-4-9-15)16-10-5-2-6-11-16/h15-16H,1-14,19H2.